The molecule has 0 bridgehead atoms. The molecule has 28 heavy (non-hydrogen) atoms. The van der Waals surface area contributed by atoms with Gasteiger partial charge in [0, 0.05) is 12.0 Å². The molecule has 0 aliphatic heterocycles. The van der Waals surface area contributed by atoms with Gasteiger partial charge in [-0.05, 0) is 25.7 Å². The Kier molecular flexibility index (Phi) is 12.1. The molecular weight excluding hydrogens is 356 g/mol. The number of nitrogens with one attached hydrogen (secondary N) is 4. The number of allylic oxidation sites excluding steroid dienone is 2. The van der Waals surface area contributed by atoms with Crippen LogP contribution in [0, 0.1) is 11.8 Å². The minimum atomic E-state index is -0.608. The van der Waals surface area contributed by atoms with Gasteiger partial charge in [-0.2, -0.15) is 0 Å². The number of amides is 3. The summed E-state index contributed by atoms with van der Waals surface area (Å²) in [7, 11) is 0. The van der Waals surface area contributed by atoms with Gasteiger partial charge in [0.25, 0.3) is 5.91 Å². The number of Topliss-reactive ketones (excluding diaryl/α,β-unsaturated/α-hetero) is 1. The van der Waals surface area contributed by atoms with E-state index in [9.17, 15) is 14.4 Å². The summed E-state index contributed by atoms with van der Waals surface area (Å²) in [5.41, 5.74) is 5.58. The molecule has 7 heteroatoms. The van der Waals surface area contributed by atoms with Crippen LogP contribution in [-0.4, -0.2) is 35.8 Å². The van der Waals surface area contributed by atoms with E-state index in [4.69, 9.17) is 0 Å². The van der Waals surface area contributed by atoms with Gasteiger partial charge in [0.1, 0.15) is 0 Å². The lowest BCUT2D eigenvalue weighted by Crippen LogP contribution is -2.56. The molecule has 0 spiro atoms. The summed E-state index contributed by atoms with van der Waals surface area (Å²) in [6.45, 7) is 17.3. The van der Waals surface area contributed by atoms with Crippen LogP contribution in [0.25, 0.3) is 0 Å². The third-order valence-corrected chi connectivity index (χ3v) is 3.94. The number of carbonyl (C=O) groups excluding carboxylic acids is 3. The lowest BCUT2D eigenvalue weighted by Gasteiger charge is -2.23. The monoisotopic (exact) mass is 394 g/mol. The van der Waals surface area contributed by atoms with Gasteiger partial charge in [0.2, 0.25) is 0 Å². The van der Waals surface area contributed by atoms with Gasteiger partial charge in [-0.25, -0.2) is 10.2 Å². The summed E-state index contributed by atoms with van der Waals surface area (Å²) in [5.74, 6) is -0.335. The Morgan fingerprint density at radius 1 is 0.964 bits per heavy atom. The maximum absolute atomic E-state index is 12.5. The van der Waals surface area contributed by atoms with Crippen molar-refractivity contribution >= 4 is 17.7 Å². The van der Waals surface area contributed by atoms with Crippen LogP contribution in [0.15, 0.2) is 24.3 Å². The van der Waals surface area contributed by atoms with E-state index >= 15 is 0 Å². The zero-order valence-electron chi connectivity index (χ0n) is 18.4. The van der Waals surface area contributed by atoms with E-state index in [1.807, 2.05) is 46.8 Å². The van der Waals surface area contributed by atoms with Crippen molar-refractivity contribution in [3.63, 3.8) is 0 Å². The van der Waals surface area contributed by atoms with Crippen LogP contribution >= 0.6 is 0 Å². The fourth-order valence-electron chi connectivity index (χ4n) is 2.72. The number of hydrogen-bond donors (Lipinski definition) is 4. The zero-order chi connectivity index (χ0) is 21.9. The van der Waals surface area contributed by atoms with E-state index in [-0.39, 0.29) is 29.6 Å². The van der Waals surface area contributed by atoms with Crippen LogP contribution in [0.4, 0.5) is 4.79 Å². The average molecular weight is 395 g/mol. The van der Waals surface area contributed by atoms with Crippen LogP contribution < -0.4 is 21.5 Å². The second-order valence-corrected chi connectivity index (χ2v) is 8.06. The first-order valence-corrected chi connectivity index (χ1v) is 9.94. The summed E-state index contributed by atoms with van der Waals surface area (Å²) in [5, 5.41) is 5.82. The van der Waals surface area contributed by atoms with Crippen molar-refractivity contribution in [3.8, 4) is 0 Å². The molecule has 2 atom stereocenters. The molecule has 0 aromatic heterocycles. The molecule has 3 amide bonds. The molecule has 0 radical (unpaired) electrons. The van der Waals surface area contributed by atoms with Gasteiger partial charge in [0.05, 0.1) is 12.1 Å². The first kappa shape index (κ1) is 25.9. The maximum Gasteiger partial charge on any atom is 0.334 e. The molecule has 0 aromatic rings. The molecule has 0 saturated carbocycles. The highest BCUT2D eigenvalue weighted by molar-refractivity contribution is 5.90. The Hall–Kier alpha value is -2.15. The number of rotatable bonds is 11. The number of ketones is 1. The average Bonchev–Trinajstić information content (AvgIpc) is 2.57. The van der Waals surface area contributed by atoms with Gasteiger partial charge in [-0.3, -0.25) is 15.0 Å². The van der Waals surface area contributed by atoms with Gasteiger partial charge < -0.3 is 10.6 Å². The SMILES string of the molecule is C=C(/C=C\C)C[C@H](NC(C)C)C(=O)NNC(=O)N[C@H](CC(C)C)C(=O)C(C)C. The first-order chi connectivity index (χ1) is 13.0. The maximum atomic E-state index is 12.5. The molecule has 0 heterocycles. The van der Waals surface area contributed by atoms with Crippen LogP contribution in [0.1, 0.15) is 61.3 Å². The highest BCUT2D eigenvalue weighted by Crippen LogP contribution is 2.10. The normalized spacial score (nSPS) is 13.6. The highest BCUT2D eigenvalue weighted by Gasteiger charge is 2.25. The molecule has 160 valence electrons. The summed E-state index contributed by atoms with van der Waals surface area (Å²) in [6, 6.07) is -1.64. The van der Waals surface area contributed by atoms with Crippen LogP contribution in [0.5, 0.6) is 0 Å². The largest absolute Gasteiger partial charge is 0.334 e. The smallest absolute Gasteiger partial charge is 0.327 e. The molecule has 0 aliphatic carbocycles. The Morgan fingerprint density at radius 2 is 1.57 bits per heavy atom. The number of urea groups is 1. The van der Waals surface area contributed by atoms with Gasteiger partial charge >= 0.3 is 6.03 Å². The summed E-state index contributed by atoms with van der Waals surface area (Å²) in [4.78, 5) is 37.0. The molecule has 0 saturated heterocycles. The van der Waals surface area contributed by atoms with Gasteiger partial charge in [0.15, 0.2) is 5.78 Å². The number of hydrazine groups is 1. The van der Waals surface area contributed by atoms with Crippen LogP contribution in [0.2, 0.25) is 0 Å². The lowest BCUT2D eigenvalue weighted by molar-refractivity contribution is -0.124. The van der Waals surface area contributed by atoms with E-state index in [1.54, 1.807) is 13.8 Å². The molecular formula is C21H38N4O3. The second kappa shape index (κ2) is 13.1. The first-order valence-electron chi connectivity index (χ1n) is 9.94. The van der Waals surface area contributed by atoms with Crippen molar-refractivity contribution in [1.82, 2.24) is 21.5 Å². The van der Waals surface area contributed by atoms with Crippen molar-refractivity contribution in [2.45, 2.75) is 79.4 Å². The molecule has 0 rings (SSSR count). The highest BCUT2D eigenvalue weighted by atomic mass is 16.2. The lowest BCUT2D eigenvalue weighted by atomic mass is 9.94. The van der Waals surface area contributed by atoms with Crippen molar-refractivity contribution < 1.29 is 14.4 Å². The Labute approximate surface area is 169 Å². The molecule has 4 N–H and O–H groups in total. The molecule has 0 fully saturated rings. The Bertz CT molecular complexity index is 568. The molecule has 0 aliphatic rings. The van der Waals surface area contributed by atoms with Gasteiger partial charge in [-0.15, -0.1) is 0 Å². The van der Waals surface area contributed by atoms with E-state index < -0.39 is 18.1 Å². The van der Waals surface area contributed by atoms with Crippen molar-refractivity contribution in [2.75, 3.05) is 0 Å². The standard InChI is InChI=1S/C21H38N4O3/c1-9-10-16(8)12-18(22-15(6)7)20(27)24-25-21(28)23-17(11-13(2)3)19(26)14(4)5/h9-10,13-15,17-18,22H,8,11-12H2,1-7H3,(H,24,27)(H2,23,25,28)/b10-9-/t17-,18+/m1/s1. The number of hydrogen-bond acceptors (Lipinski definition) is 4. The predicted octanol–water partition coefficient (Wildman–Crippen LogP) is 2.85. The van der Waals surface area contributed by atoms with Crippen LogP contribution in [0.3, 0.4) is 0 Å². The van der Waals surface area contributed by atoms with E-state index in [0.29, 0.717) is 12.8 Å². The van der Waals surface area contributed by atoms with E-state index in [2.05, 4.69) is 28.1 Å². The van der Waals surface area contributed by atoms with E-state index in [1.165, 1.54) is 0 Å². The molecule has 0 unspecified atom stereocenters. The topological polar surface area (TPSA) is 99.3 Å². The summed E-state index contributed by atoms with van der Waals surface area (Å²) >= 11 is 0. The molecule has 7 nitrogen and oxygen atoms in total. The molecule has 0 aromatic carbocycles. The van der Waals surface area contributed by atoms with E-state index in [0.717, 1.165) is 5.57 Å². The third kappa shape index (κ3) is 10.9. The fourth-order valence-corrected chi connectivity index (χ4v) is 2.72. The van der Waals surface area contributed by atoms with Gasteiger partial charge in [-0.1, -0.05) is 65.8 Å². The van der Waals surface area contributed by atoms with Crippen molar-refractivity contribution in [3.05, 3.63) is 24.3 Å². The van der Waals surface area contributed by atoms with Crippen LogP contribution in [-0.2, 0) is 9.59 Å². The van der Waals surface area contributed by atoms with Crippen molar-refractivity contribution in [1.29, 1.82) is 0 Å². The second-order valence-electron chi connectivity index (χ2n) is 8.06. The third-order valence-electron chi connectivity index (χ3n) is 3.94. The predicted molar refractivity (Wildman–Crippen MR) is 114 cm³/mol. The zero-order valence-corrected chi connectivity index (χ0v) is 18.4. The minimum Gasteiger partial charge on any atom is -0.327 e. The Morgan fingerprint density at radius 3 is 2.04 bits per heavy atom. The Balaban J connectivity index is 4.86. The number of carbonyl (C=O) groups is 3. The van der Waals surface area contributed by atoms with Crippen molar-refractivity contribution in [2.24, 2.45) is 11.8 Å². The minimum absolute atomic E-state index is 0.0304. The quantitative estimate of drug-likeness (QED) is 0.320. The summed E-state index contributed by atoms with van der Waals surface area (Å²) in [6.07, 6.45) is 4.66. The fraction of sp³-hybridized carbons (Fsp3) is 0.667. The summed E-state index contributed by atoms with van der Waals surface area (Å²) < 4.78 is 0.